The molecule has 0 saturated heterocycles. The van der Waals surface area contributed by atoms with Crippen molar-refractivity contribution in [2.75, 3.05) is 13.2 Å². The highest BCUT2D eigenvalue weighted by Crippen LogP contribution is 2.12. The van der Waals surface area contributed by atoms with Gasteiger partial charge in [0.2, 0.25) is 5.91 Å². The molecule has 2 atom stereocenters. The van der Waals surface area contributed by atoms with Crippen LogP contribution in [0, 0.1) is 11.8 Å². The monoisotopic (exact) mass is 355 g/mol. The van der Waals surface area contributed by atoms with Gasteiger partial charge in [0.1, 0.15) is 5.75 Å². The predicted octanol–water partition coefficient (Wildman–Crippen LogP) is 3.15. The third-order valence-electron chi connectivity index (χ3n) is 4.21. The summed E-state index contributed by atoms with van der Waals surface area (Å²) in [4.78, 5) is 23.6. The predicted molar refractivity (Wildman–Crippen MR) is 100.0 cm³/mol. The van der Waals surface area contributed by atoms with Gasteiger partial charge in [-0.2, -0.15) is 0 Å². The van der Waals surface area contributed by atoms with E-state index in [9.17, 15) is 14.7 Å². The van der Waals surface area contributed by atoms with E-state index in [-0.39, 0.29) is 18.4 Å². The standard InChI is InChI=1S/C21H25NO4/c1-16(12-13-26-19-10-6-3-7-11-19)20(23)22-15-18(21(24)25)14-17-8-4-2-5-9-17/h2-11,16,18H,12-15H2,1H3,(H,22,23)(H,24,25). The van der Waals surface area contributed by atoms with Gasteiger partial charge in [0.15, 0.2) is 0 Å². The number of hydrogen-bond donors (Lipinski definition) is 2. The zero-order chi connectivity index (χ0) is 18.8. The molecule has 0 saturated carbocycles. The van der Waals surface area contributed by atoms with Crippen molar-refractivity contribution >= 4 is 11.9 Å². The van der Waals surface area contributed by atoms with Gasteiger partial charge in [-0.05, 0) is 30.5 Å². The second kappa shape index (κ2) is 10.2. The molecule has 138 valence electrons. The van der Waals surface area contributed by atoms with Crippen LogP contribution in [0.2, 0.25) is 0 Å². The first kappa shape index (κ1) is 19.5. The van der Waals surface area contributed by atoms with Gasteiger partial charge in [0.25, 0.3) is 0 Å². The zero-order valence-electron chi connectivity index (χ0n) is 14.9. The Morgan fingerprint density at radius 2 is 1.65 bits per heavy atom. The van der Waals surface area contributed by atoms with E-state index >= 15 is 0 Å². The first-order chi connectivity index (χ1) is 12.6. The quantitative estimate of drug-likeness (QED) is 0.686. The minimum Gasteiger partial charge on any atom is -0.494 e. The van der Waals surface area contributed by atoms with E-state index in [2.05, 4.69) is 5.32 Å². The van der Waals surface area contributed by atoms with Crippen LogP contribution < -0.4 is 10.1 Å². The normalized spacial score (nSPS) is 12.8. The molecule has 5 nitrogen and oxygen atoms in total. The third kappa shape index (κ3) is 6.59. The maximum Gasteiger partial charge on any atom is 0.308 e. The molecule has 0 radical (unpaired) electrons. The maximum absolute atomic E-state index is 12.2. The van der Waals surface area contributed by atoms with Crippen molar-refractivity contribution in [1.82, 2.24) is 5.32 Å². The number of ether oxygens (including phenoxy) is 1. The molecule has 2 aromatic rings. The fourth-order valence-corrected chi connectivity index (χ4v) is 2.54. The Bertz CT molecular complexity index is 688. The number of rotatable bonds is 10. The third-order valence-corrected chi connectivity index (χ3v) is 4.21. The fourth-order valence-electron chi connectivity index (χ4n) is 2.54. The highest BCUT2D eigenvalue weighted by Gasteiger charge is 2.20. The lowest BCUT2D eigenvalue weighted by molar-refractivity contribution is -0.141. The maximum atomic E-state index is 12.2. The SMILES string of the molecule is CC(CCOc1ccccc1)C(=O)NCC(Cc1ccccc1)C(=O)O. The molecule has 2 aromatic carbocycles. The molecule has 2 unspecified atom stereocenters. The summed E-state index contributed by atoms with van der Waals surface area (Å²) >= 11 is 0. The van der Waals surface area contributed by atoms with E-state index in [1.165, 1.54) is 0 Å². The molecule has 2 rings (SSSR count). The number of carboxylic acids is 1. The number of hydrogen-bond acceptors (Lipinski definition) is 3. The van der Waals surface area contributed by atoms with Crippen LogP contribution >= 0.6 is 0 Å². The minimum absolute atomic E-state index is 0.118. The average Bonchev–Trinajstić information content (AvgIpc) is 2.66. The van der Waals surface area contributed by atoms with Gasteiger partial charge in [-0.15, -0.1) is 0 Å². The van der Waals surface area contributed by atoms with Crippen molar-refractivity contribution < 1.29 is 19.4 Å². The summed E-state index contributed by atoms with van der Waals surface area (Å²) in [5.74, 6) is -1.18. The van der Waals surface area contributed by atoms with E-state index in [0.717, 1.165) is 11.3 Å². The summed E-state index contributed by atoms with van der Waals surface area (Å²) in [6, 6.07) is 18.9. The molecule has 0 aromatic heterocycles. The van der Waals surface area contributed by atoms with Crippen LogP contribution in [0.5, 0.6) is 5.75 Å². The van der Waals surface area contributed by atoms with E-state index in [4.69, 9.17) is 4.74 Å². The van der Waals surface area contributed by atoms with Gasteiger partial charge in [-0.1, -0.05) is 55.5 Å². The molecule has 0 spiro atoms. The van der Waals surface area contributed by atoms with E-state index < -0.39 is 11.9 Å². The molecule has 0 heterocycles. The van der Waals surface area contributed by atoms with Crippen LogP contribution in [0.1, 0.15) is 18.9 Å². The molecule has 0 aliphatic rings. The van der Waals surface area contributed by atoms with Crippen molar-refractivity contribution in [2.24, 2.45) is 11.8 Å². The van der Waals surface area contributed by atoms with Crippen LogP contribution in [0.4, 0.5) is 0 Å². The number of benzene rings is 2. The summed E-state index contributed by atoms with van der Waals surface area (Å²) in [5, 5.41) is 12.1. The Morgan fingerprint density at radius 1 is 1.04 bits per heavy atom. The first-order valence-electron chi connectivity index (χ1n) is 8.78. The molecule has 0 fully saturated rings. The topological polar surface area (TPSA) is 75.6 Å². The van der Waals surface area contributed by atoms with E-state index in [1.807, 2.05) is 67.6 Å². The largest absolute Gasteiger partial charge is 0.494 e. The number of nitrogens with one attached hydrogen (secondary N) is 1. The molecule has 26 heavy (non-hydrogen) atoms. The minimum atomic E-state index is -0.908. The smallest absolute Gasteiger partial charge is 0.308 e. The van der Waals surface area contributed by atoms with Gasteiger partial charge in [-0.25, -0.2) is 0 Å². The van der Waals surface area contributed by atoms with Crippen molar-refractivity contribution in [3.8, 4) is 5.75 Å². The lowest BCUT2D eigenvalue weighted by Crippen LogP contribution is -2.37. The van der Waals surface area contributed by atoms with E-state index in [0.29, 0.717) is 19.4 Å². The Labute approximate surface area is 154 Å². The molecule has 1 amide bonds. The van der Waals surface area contributed by atoms with E-state index in [1.54, 1.807) is 0 Å². The summed E-state index contributed by atoms with van der Waals surface area (Å²) in [7, 11) is 0. The van der Waals surface area contributed by atoms with Crippen molar-refractivity contribution in [1.29, 1.82) is 0 Å². The Hall–Kier alpha value is -2.82. The lowest BCUT2D eigenvalue weighted by Gasteiger charge is -2.16. The summed E-state index contributed by atoms with van der Waals surface area (Å²) in [5.41, 5.74) is 0.943. The number of amides is 1. The van der Waals surface area contributed by atoms with Crippen LogP contribution in [0.25, 0.3) is 0 Å². The van der Waals surface area contributed by atoms with Crippen molar-refractivity contribution in [3.63, 3.8) is 0 Å². The summed E-state index contributed by atoms with van der Waals surface area (Å²) < 4.78 is 5.60. The van der Waals surface area contributed by atoms with Gasteiger partial charge in [-0.3, -0.25) is 9.59 Å². The molecule has 0 bridgehead atoms. The van der Waals surface area contributed by atoms with Crippen molar-refractivity contribution in [3.05, 3.63) is 66.2 Å². The van der Waals surface area contributed by atoms with Gasteiger partial charge >= 0.3 is 5.97 Å². The first-order valence-corrected chi connectivity index (χ1v) is 8.78. The highest BCUT2D eigenvalue weighted by atomic mass is 16.5. The Morgan fingerprint density at radius 3 is 2.27 bits per heavy atom. The van der Waals surface area contributed by atoms with Crippen LogP contribution in [-0.4, -0.2) is 30.1 Å². The summed E-state index contributed by atoms with van der Waals surface area (Å²) in [6.45, 7) is 2.37. The number of aliphatic carboxylic acids is 1. The molecule has 5 heteroatoms. The molecular formula is C21H25NO4. The van der Waals surface area contributed by atoms with Crippen molar-refractivity contribution in [2.45, 2.75) is 19.8 Å². The Balaban J connectivity index is 1.75. The highest BCUT2D eigenvalue weighted by molar-refractivity contribution is 5.79. The molecule has 0 aliphatic heterocycles. The summed E-state index contributed by atoms with van der Waals surface area (Å²) in [6.07, 6.45) is 0.957. The molecule has 0 aliphatic carbocycles. The fraction of sp³-hybridized carbons (Fsp3) is 0.333. The number of carbonyl (C=O) groups excluding carboxylic acids is 1. The van der Waals surface area contributed by atoms with Crippen LogP contribution in [0.15, 0.2) is 60.7 Å². The second-order valence-electron chi connectivity index (χ2n) is 6.32. The lowest BCUT2D eigenvalue weighted by atomic mass is 9.99. The number of carboxylic acid groups (broad SMARTS) is 1. The van der Waals surface area contributed by atoms with Gasteiger partial charge < -0.3 is 15.2 Å². The zero-order valence-corrected chi connectivity index (χ0v) is 14.9. The molecule has 2 N–H and O–H groups in total. The molecular weight excluding hydrogens is 330 g/mol. The number of para-hydroxylation sites is 1. The van der Waals surface area contributed by atoms with Gasteiger partial charge in [0.05, 0.1) is 12.5 Å². The Kier molecular flexibility index (Phi) is 7.68. The average molecular weight is 355 g/mol. The van der Waals surface area contributed by atoms with Gasteiger partial charge in [0, 0.05) is 12.5 Å². The number of carbonyl (C=O) groups is 2. The van der Waals surface area contributed by atoms with Crippen LogP contribution in [0.3, 0.4) is 0 Å². The second-order valence-corrected chi connectivity index (χ2v) is 6.32. The van der Waals surface area contributed by atoms with Crippen LogP contribution in [-0.2, 0) is 16.0 Å².